The van der Waals surface area contributed by atoms with Crippen molar-refractivity contribution < 1.29 is 9.59 Å². The van der Waals surface area contributed by atoms with E-state index in [2.05, 4.69) is 10.2 Å². The number of hydrogen-bond donors (Lipinski definition) is 1. The molecule has 1 N–H and O–H groups in total. The molecule has 1 aromatic rings. The molecule has 1 unspecified atom stereocenters. The smallest absolute Gasteiger partial charge is 0.251 e. The lowest BCUT2D eigenvalue weighted by Gasteiger charge is -2.23. The fraction of sp³-hybridized carbons (Fsp3) is 0.294. The molecule has 1 aromatic carbocycles. The Kier molecular flexibility index (Phi) is 4.34. The van der Waals surface area contributed by atoms with Crippen molar-refractivity contribution in [1.82, 2.24) is 10.2 Å². The highest BCUT2D eigenvalue weighted by Gasteiger charge is 2.33. The molecule has 2 aliphatic rings. The van der Waals surface area contributed by atoms with E-state index in [1.807, 2.05) is 37.4 Å². The topological polar surface area (TPSA) is 49.4 Å². The first kappa shape index (κ1) is 14.9. The second kappa shape index (κ2) is 6.40. The molecule has 1 atom stereocenters. The molecule has 1 heterocycles. The summed E-state index contributed by atoms with van der Waals surface area (Å²) in [5.41, 5.74) is 1.69. The Morgan fingerprint density at radius 2 is 2.14 bits per heavy atom. The maximum Gasteiger partial charge on any atom is 0.251 e. The van der Waals surface area contributed by atoms with Gasteiger partial charge in [-0.2, -0.15) is 0 Å². The van der Waals surface area contributed by atoms with E-state index in [0.29, 0.717) is 18.5 Å². The quantitative estimate of drug-likeness (QED) is 0.928. The molecule has 0 fully saturated rings. The Balaban J connectivity index is 1.52. The molecular formula is C17H18N2O2S. The minimum Gasteiger partial charge on any atom is -0.361 e. The Labute approximate surface area is 134 Å². The van der Waals surface area contributed by atoms with Gasteiger partial charge in [-0.3, -0.25) is 9.59 Å². The van der Waals surface area contributed by atoms with Gasteiger partial charge >= 0.3 is 0 Å². The Bertz CT molecular complexity index is 652. The largest absolute Gasteiger partial charge is 0.361 e. The van der Waals surface area contributed by atoms with Gasteiger partial charge in [-0.15, -0.1) is 0 Å². The van der Waals surface area contributed by atoms with Gasteiger partial charge in [0.15, 0.2) is 5.78 Å². The molecule has 0 aromatic heterocycles. The van der Waals surface area contributed by atoms with Gasteiger partial charge in [0.05, 0.1) is 16.0 Å². The van der Waals surface area contributed by atoms with Crippen molar-refractivity contribution in [3.05, 3.63) is 58.6 Å². The van der Waals surface area contributed by atoms with E-state index >= 15 is 0 Å². The van der Waals surface area contributed by atoms with Crippen LogP contribution in [0.2, 0.25) is 0 Å². The fourth-order valence-electron chi connectivity index (χ4n) is 2.62. The molecule has 114 valence electrons. The van der Waals surface area contributed by atoms with E-state index in [1.165, 1.54) is 0 Å². The molecule has 1 aliphatic carbocycles. The number of carbonyl (C=O) groups excluding carboxylic acids is 2. The normalized spacial score (nSPS) is 20.3. The maximum absolute atomic E-state index is 12.0. The number of nitrogens with one attached hydrogen (secondary N) is 1. The molecule has 0 bridgehead atoms. The molecule has 1 aliphatic heterocycles. The first-order valence-electron chi connectivity index (χ1n) is 7.33. The average molecular weight is 314 g/mol. The molecule has 3 rings (SSSR count). The van der Waals surface area contributed by atoms with E-state index in [1.54, 1.807) is 23.9 Å². The Morgan fingerprint density at radius 1 is 1.36 bits per heavy atom. The lowest BCUT2D eigenvalue weighted by Crippen LogP contribution is -2.30. The number of carbonyl (C=O) groups is 2. The number of Topliss-reactive ketones (excluding diaryl/α,β-unsaturated/α-hetero) is 1. The van der Waals surface area contributed by atoms with Crippen LogP contribution in [0.5, 0.6) is 0 Å². The van der Waals surface area contributed by atoms with Gasteiger partial charge in [0.25, 0.3) is 5.91 Å². The van der Waals surface area contributed by atoms with Crippen LogP contribution >= 0.6 is 11.8 Å². The van der Waals surface area contributed by atoms with Gasteiger partial charge < -0.3 is 10.2 Å². The number of allylic oxidation sites excluding steroid dienone is 3. The second-order valence-electron chi connectivity index (χ2n) is 5.34. The third-order valence-electron chi connectivity index (χ3n) is 3.84. The van der Waals surface area contributed by atoms with E-state index in [-0.39, 0.29) is 17.1 Å². The van der Waals surface area contributed by atoms with Crippen molar-refractivity contribution in [2.24, 2.45) is 0 Å². The first-order chi connectivity index (χ1) is 10.7. The van der Waals surface area contributed by atoms with Crippen LogP contribution in [-0.2, 0) is 4.79 Å². The highest BCUT2D eigenvalue weighted by atomic mass is 32.2. The summed E-state index contributed by atoms with van der Waals surface area (Å²) in [4.78, 5) is 26.9. The number of amides is 1. The summed E-state index contributed by atoms with van der Waals surface area (Å²) in [5, 5.41) is 3.14. The van der Waals surface area contributed by atoms with Gasteiger partial charge in [-0.05, 0) is 24.6 Å². The average Bonchev–Trinajstić information content (AvgIpc) is 2.86. The van der Waals surface area contributed by atoms with Crippen molar-refractivity contribution in [3.63, 3.8) is 0 Å². The van der Waals surface area contributed by atoms with Crippen LogP contribution in [0, 0.1) is 0 Å². The zero-order valence-corrected chi connectivity index (χ0v) is 13.2. The number of hydrogen-bond acceptors (Lipinski definition) is 4. The molecule has 0 radical (unpaired) electrons. The van der Waals surface area contributed by atoms with Gasteiger partial charge in [0.2, 0.25) is 0 Å². The molecule has 0 saturated heterocycles. The van der Waals surface area contributed by atoms with Crippen LogP contribution in [0.1, 0.15) is 23.2 Å². The van der Waals surface area contributed by atoms with E-state index in [0.717, 1.165) is 17.0 Å². The summed E-state index contributed by atoms with van der Waals surface area (Å²) < 4.78 is 0. The predicted octanol–water partition coefficient (Wildman–Crippen LogP) is 2.55. The molecule has 5 heteroatoms. The van der Waals surface area contributed by atoms with Crippen LogP contribution in [-0.4, -0.2) is 35.6 Å². The summed E-state index contributed by atoms with van der Waals surface area (Å²) >= 11 is 1.61. The van der Waals surface area contributed by atoms with Crippen molar-refractivity contribution in [2.75, 3.05) is 13.6 Å². The number of rotatable bonds is 4. The summed E-state index contributed by atoms with van der Waals surface area (Å²) in [6.45, 7) is 0.591. The third-order valence-corrected chi connectivity index (χ3v) is 5.34. The van der Waals surface area contributed by atoms with Crippen molar-refractivity contribution in [2.45, 2.75) is 18.2 Å². The molecule has 22 heavy (non-hydrogen) atoms. The zero-order chi connectivity index (χ0) is 15.5. The molecule has 4 nitrogen and oxygen atoms in total. The minimum absolute atomic E-state index is 0.0556. The molecule has 0 spiro atoms. The number of likely N-dealkylation sites (N-methyl/N-ethyl adjacent to an activating group) is 1. The highest BCUT2D eigenvalue weighted by Crippen LogP contribution is 2.41. The van der Waals surface area contributed by atoms with Gasteiger partial charge in [-0.25, -0.2) is 0 Å². The Morgan fingerprint density at radius 3 is 2.86 bits per heavy atom. The summed E-state index contributed by atoms with van der Waals surface area (Å²) in [7, 11) is 2.00. The number of thioether (sulfide) groups is 1. The summed E-state index contributed by atoms with van der Waals surface area (Å²) in [6.07, 6.45) is 5.23. The third kappa shape index (κ3) is 2.95. The van der Waals surface area contributed by atoms with Gasteiger partial charge in [0.1, 0.15) is 0 Å². The van der Waals surface area contributed by atoms with Crippen LogP contribution in [0.4, 0.5) is 0 Å². The van der Waals surface area contributed by atoms with Crippen LogP contribution in [0.3, 0.4) is 0 Å². The summed E-state index contributed by atoms with van der Waals surface area (Å²) in [6, 6.07) is 9.20. The second-order valence-corrected chi connectivity index (χ2v) is 6.53. The first-order valence-corrected chi connectivity index (χ1v) is 8.21. The monoisotopic (exact) mass is 314 g/mol. The van der Waals surface area contributed by atoms with E-state index in [9.17, 15) is 9.59 Å². The van der Waals surface area contributed by atoms with E-state index < -0.39 is 0 Å². The van der Waals surface area contributed by atoms with E-state index in [4.69, 9.17) is 0 Å². The number of benzene rings is 1. The van der Waals surface area contributed by atoms with Crippen LogP contribution in [0.25, 0.3) is 0 Å². The van der Waals surface area contributed by atoms with Crippen LogP contribution < -0.4 is 5.32 Å². The molecular weight excluding hydrogens is 296 g/mol. The summed E-state index contributed by atoms with van der Waals surface area (Å²) in [5.74, 6) is 0.144. The minimum atomic E-state index is -0.0556. The molecule has 0 saturated carbocycles. The zero-order valence-electron chi connectivity index (χ0n) is 12.4. The lowest BCUT2D eigenvalue weighted by molar-refractivity contribution is -0.114. The van der Waals surface area contributed by atoms with Gasteiger partial charge in [-0.1, -0.05) is 36.0 Å². The maximum atomic E-state index is 12.0. The molecule has 1 amide bonds. The number of ketones is 1. The van der Waals surface area contributed by atoms with Gasteiger partial charge in [0, 0.05) is 25.6 Å². The standard InChI is InChI=1S/C17H18N2O2S/c1-19-13-8-5-9-14(20)16(13)22-15(19)10-11-18-17(21)12-6-3-2-4-7-12/h2-8,15H,9-11H2,1H3,(H,18,21). The highest BCUT2D eigenvalue weighted by molar-refractivity contribution is 8.04. The number of nitrogens with zero attached hydrogens (tertiary/aromatic N) is 1. The van der Waals surface area contributed by atoms with Crippen molar-refractivity contribution in [3.8, 4) is 0 Å². The van der Waals surface area contributed by atoms with Crippen LogP contribution in [0.15, 0.2) is 53.1 Å². The Hall–Kier alpha value is -2.01. The van der Waals surface area contributed by atoms with Crippen molar-refractivity contribution in [1.29, 1.82) is 0 Å². The fourth-order valence-corrected chi connectivity index (χ4v) is 3.94. The lowest BCUT2D eigenvalue weighted by atomic mass is 10.1. The van der Waals surface area contributed by atoms with Crippen molar-refractivity contribution >= 4 is 23.5 Å². The SMILES string of the molecule is CN1C2=C(SC1CCNC(=O)c1ccccc1)C(=O)CC=C2. The predicted molar refractivity (Wildman–Crippen MR) is 88.3 cm³/mol.